The molecular weight excluding hydrogens is 282 g/mol. The number of benzene rings is 1. The van der Waals surface area contributed by atoms with Gasteiger partial charge >= 0.3 is 0 Å². The molecule has 1 aliphatic rings. The maximum absolute atomic E-state index is 12.7. The Labute approximate surface area is 120 Å². The van der Waals surface area contributed by atoms with Crippen LogP contribution in [0.5, 0.6) is 5.75 Å². The number of fused-ring (bicyclic) bond motifs is 1. The van der Waals surface area contributed by atoms with Gasteiger partial charge in [0.1, 0.15) is 11.3 Å². The van der Waals surface area contributed by atoms with Crippen LogP contribution in [-0.4, -0.2) is 31.1 Å². The van der Waals surface area contributed by atoms with E-state index in [4.69, 9.17) is 4.74 Å². The van der Waals surface area contributed by atoms with Gasteiger partial charge in [-0.1, -0.05) is 17.4 Å². The number of rotatable bonds is 4. The summed E-state index contributed by atoms with van der Waals surface area (Å²) in [5.74, 6) is 0.227. The summed E-state index contributed by atoms with van der Waals surface area (Å²) in [4.78, 5) is 6.54. The summed E-state index contributed by atoms with van der Waals surface area (Å²) in [6.45, 7) is 3.56. The minimum Gasteiger partial charge on any atom is -0.492 e. The molecule has 0 radical (unpaired) electrons. The number of aromatic nitrogens is 1. The Bertz CT molecular complexity index is 602. The summed E-state index contributed by atoms with van der Waals surface area (Å²) < 4.78 is 32.1. The van der Waals surface area contributed by atoms with Crippen LogP contribution >= 0.6 is 11.3 Å². The van der Waals surface area contributed by atoms with Crippen LogP contribution in [0.3, 0.4) is 0 Å². The number of halogens is 2. The van der Waals surface area contributed by atoms with Crippen molar-refractivity contribution in [1.82, 2.24) is 4.98 Å². The minimum absolute atomic E-state index is 0.390. The van der Waals surface area contributed by atoms with Crippen molar-refractivity contribution in [3.63, 3.8) is 0 Å². The van der Waals surface area contributed by atoms with Crippen molar-refractivity contribution in [3.8, 4) is 5.75 Å². The molecule has 1 aromatic carbocycles. The van der Waals surface area contributed by atoms with Crippen molar-refractivity contribution in [2.24, 2.45) is 5.92 Å². The van der Waals surface area contributed by atoms with Gasteiger partial charge in [-0.05, 0) is 25.5 Å². The largest absolute Gasteiger partial charge is 0.492 e. The maximum atomic E-state index is 12.7. The Kier molecular flexibility index (Phi) is 3.74. The van der Waals surface area contributed by atoms with E-state index in [-0.39, 0.29) is 0 Å². The van der Waals surface area contributed by atoms with E-state index < -0.39 is 12.3 Å². The lowest BCUT2D eigenvalue weighted by molar-refractivity contribution is 0.0880. The van der Waals surface area contributed by atoms with Gasteiger partial charge in [0.15, 0.2) is 5.13 Å². The van der Waals surface area contributed by atoms with Crippen LogP contribution in [0.25, 0.3) is 10.2 Å². The Hall–Kier alpha value is -1.43. The van der Waals surface area contributed by atoms with Gasteiger partial charge in [0.2, 0.25) is 6.43 Å². The molecule has 0 saturated carbocycles. The Morgan fingerprint density at radius 2 is 2.35 bits per heavy atom. The van der Waals surface area contributed by atoms with E-state index >= 15 is 0 Å². The minimum atomic E-state index is -2.24. The molecule has 1 aliphatic heterocycles. The van der Waals surface area contributed by atoms with E-state index in [1.807, 2.05) is 30.0 Å². The molecule has 3 nitrogen and oxygen atoms in total. The first-order valence-corrected chi connectivity index (χ1v) is 7.56. The van der Waals surface area contributed by atoms with E-state index in [1.165, 1.54) is 11.3 Å². The fourth-order valence-corrected chi connectivity index (χ4v) is 3.50. The van der Waals surface area contributed by atoms with Gasteiger partial charge in [0, 0.05) is 19.0 Å². The lowest BCUT2D eigenvalue weighted by Gasteiger charge is -2.14. The molecule has 1 atom stereocenters. The predicted octanol–water partition coefficient (Wildman–Crippen LogP) is 3.79. The summed E-state index contributed by atoms with van der Waals surface area (Å²) in [5.41, 5.74) is 0.829. The smallest absolute Gasteiger partial charge is 0.243 e. The molecule has 108 valence electrons. The summed E-state index contributed by atoms with van der Waals surface area (Å²) in [6.07, 6.45) is -1.71. The number of thiazole rings is 1. The van der Waals surface area contributed by atoms with Crippen molar-refractivity contribution >= 4 is 26.7 Å². The van der Waals surface area contributed by atoms with Crippen LogP contribution in [0.2, 0.25) is 0 Å². The number of ether oxygens (including phenoxy) is 1. The van der Waals surface area contributed by atoms with Crippen molar-refractivity contribution in [1.29, 1.82) is 0 Å². The van der Waals surface area contributed by atoms with Gasteiger partial charge in [0.25, 0.3) is 0 Å². The summed E-state index contributed by atoms with van der Waals surface area (Å²) in [5, 5.41) is 0.815. The van der Waals surface area contributed by atoms with Gasteiger partial charge in [-0.15, -0.1) is 0 Å². The Morgan fingerprint density at radius 3 is 3.05 bits per heavy atom. The van der Waals surface area contributed by atoms with Crippen LogP contribution in [0.4, 0.5) is 13.9 Å². The molecule has 20 heavy (non-hydrogen) atoms. The highest BCUT2D eigenvalue weighted by Gasteiger charge is 2.31. The summed E-state index contributed by atoms with van der Waals surface area (Å²) >= 11 is 1.54. The number of hydrogen-bond donors (Lipinski definition) is 0. The van der Waals surface area contributed by atoms with Gasteiger partial charge in [-0.2, -0.15) is 0 Å². The zero-order chi connectivity index (χ0) is 14.1. The molecule has 1 fully saturated rings. The highest BCUT2D eigenvalue weighted by Crippen LogP contribution is 2.36. The van der Waals surface area contributed by atoms with E-state index in [1.54, 1.807) is 0 Å². The van der Waals surface area contributed by atoms with Gasteiger partial charge in [0.05, 0.1) is 11.3 Å². The lowest BCUT2D eigenvalue weighted by atomic mass is 10.1. The number of para-hydroxylation sites is 1. The maximum Gasteiger partial charge on any atom is 0.243 e. The molecule has 1 unspecified atom stereocenters. The molecular formula is C14H16F2N2OS. The average Bonchev–Trinajstić information content (AvgIpc) is 3.06. The first-order valence-electron chi connectivity index (χ1n) is 6.74. The summed E-state index contributed by atoms with van der Waals surface area (Å²) in [7, 11) is 0. The van der Waals surface area contributed by atoms with Crippen LogP contribution in [0.15, 0.2) is 18.2 Å². The normalized spacial score (nSPS) is 19.2. The van der Waals surface area contributed by atoms with Gasteiger partial charge in [-0.25, -0.2) is 13.8 Å². The highest BCUT2D eigenvalue weighted by atomic mass is 32.1. The molecule has 0 N–H and O–H groups in total. The van der Waals surface area contributed by atoms with E-state index in [0.717, 1.165) is 21.1 Å². The quantitative estimate of drug-likeness (QED) is 0.859. The lowest BCUT2D eigenvalue weighted by Crippen LogP contribution is -2.21. The number of anilines is 1. The first kappa shape index (κ1) is 13.5. The number of nitrogens with zero attached hydrogens (tertiary/aromatic N) is 2. The van der Waals surface area contributed by atoms with Crippen molar-refractivity contribution in [3.05, 3.63) is 18.2 Å². The molecule has 2 aromatic rings. The second kappa shape index (κ2) is 5.52. The fourth-order valence-electron chi connectivity index (χ4n) is 2.49. The Balaban J connectivity index is 1.88. The van der Waals surface area contributed by atoms with E-state index in [0.29, 0.717) is 26.1 Å². The average molecular weight is 298 g/mol. The number of alkyl halides is 2. The molecule has 0 spiro atoms. The topological polar surface area (TPSA) is 25.4 Å². The molecule has 1 saturated heterocycles. The summed E-state index contributed by atoms with van der Waals surface area (Å²) in [6, 6.07) is 5.81. The zero-order valence-electron chi connectivity index (χ0n) is 11.2. The third-order valence-corrected chi connectivity index (χ3v) is 4.60. The number of hydrogen-bond acceptors (Lipinski definition) is 4. The van der Waals surface area contributed by atoms with Crippen LogP contribution in [-0.2, 0) is 0 Å². The molecule has 2 heterocycles. The van der Waals surface area contributed by atoms with Crippen LogP contribution in [0.1, 0.15) is 13.3 Å². The molecule has 3 rings (SSSR count). The predicted molar refractivity (Wildman–Crippen MR) is 77.1 cm³/mol. The second-order valence-corrected chi connectivity index (χ2v) is 5.87. The van der Waals surface area contributed by atoms with Gasteiger partial charge in [-0.3, -0.25) is 0 Å². The molecule has 1 aromatic heterocycles. The van der Waals surface area contributed by atoms with Crippen molar-refractivity contribution in [2.45, 2.75) is 19.8 Å². The fraction of sp³-hybridized carbons (Fsp3) is 0.500. The highest BCUT2D eigenvalue weighted by molar-refractivity contribution is 7.22. The third kappa shape index (κ3) is 2.44. The third-order valence-electron chi connectivity index (χ3n) is 3.52. The van der Waals surface area contributed by atoms with Crippen molar-refractivity contribution < 1.29 is 13.5 Å². The zero-order valence-corrected chi connectivity index (χ0v) is 12.0. The monoisotopic (exact) mass is 298 g/mol. The standard InChI is InChI=1S/C14H16F2N2OS/c1-2-19-10-4-3-5-11-12(10)17-14(20-11)18-7-6-9(8-18)13(15)16/h3-5,9,13H,2,6-8H2,1H3. The molecule has 0 amide bonds. The SMILES string of the molecule is CCOc1cccc2sc(N3CCC(C(F)F)C3)nc12. The van der Waals surface area contributed by atoms with Crippen LogP contribution in [0, 0.1) is 5.92 Å². The molecule has 6 heteroatoms. The van der Waals surface area contributed by atoms with E-state index in [2.05, 4.69) is 4.98 Å². The second-order valence-electron chi connectivity index (χ2n) is 4.86. The van der Waals surface area contributed by atoms with Gasteiger partial charge < -0.3 is 9.64 Å². The molecule has 0 bridgehead atoms. The van der Waals surface area contributed by atoms with Crippen LogP contribution < -0.4 is 9.64 Å². The first-order chi connectivity index (χ1) is 9.69. The Morgan fingerprint density at radius 1 is 1.50 bits per heavy atom. The van der Waals surface area contributed by atoms with E-state index in [9.17, 15) is 8.78 Å². The molecule has 0 aliphatic carbocycles. The van der Waals surface area contributed by atoms with Crippen molar-refractivity contribution in [2.75, 3.05) is 24.6 Å².